The van der Waals surface area contributed by atoms with Crippen molar-refractivity contribution in [2.24, 2.45) is 0 Å². The minimum Gasteiger partial charge on any atom is -0.748 e. The van der Waals surface area contributed by atoms with Crippen LogP contribution in [-0.2, 0) is 17.1 Å². The van der Waals surface area contributed by atoms with Crippen LogP contribution in [0.4, 0.5) is 0 Å². The molecule has 1 nitrogen and oxygen atoms in total. The first-order valence-corrected chi connectivity index (χ1v) is 7.00. The Morgan fingerprint density at radius 3 is 2.05 bits per heavy atom. The molecular formula is C19H15ClFeO-6. The molecule has 0 aliphatic carbocycles. The Balaban J connectivity index is 0.000000344. The van der Waals surface area contributed by atoms with E-state index in [1.54, 1.807) is 24.3 Å². The van der Waals surface area contributed by atoms with Crippen molar-refractivity contribution in [3.8, 4) is 0 Å². The fraction of sp³-hybridized carbons (Fsp3) is 0. The zero-order valence-corrected chi connectivity index (χ0v) is 13.7. The molecule has 0 atom stereocenters. The molecule has 3 rings (SSSR count). The Bertz CT molecular complexity index is 665. The maximum atomic E-state index is 11.7. The van der Waals surface area contributed by atoms with Crippen LogP contribution in [-0.4, -0.2) is 5.78 Å². The summed E-state index contributed by atoms with van der Waals surface area (Å²) in [4.78, 5) is 11.7. The smallest absolute Gasteiger partial charge is 0.105 e. The first-order valence-electron chi connectivity index (χ1n) is 6.63. The number of hydrogen-bond donors (Lipinski definition) is 0. The second-order valence-electron chi connectivity index (χ2n) is 4.35. The molecule has 0 N–H and O–H groups in total. The predicted octanol–water partition coefficient (Wildman–Crippen LogP) is 5.36. The van der Waals surface area contributed by atoms with Gasteiger partial charge in [0.15, 0.2) is 0 Å². The summed E-state index contributed by atoms with van der Waals surface area (Å²) < 4.78 is 0. The van der Waals surface area contributed by atoms with Crippen LogP contribution in [0, 0.1) is 0 Å². The Morgan fingerprint density at radius 2 is 1.50 bits per heavy atom. The van der Waals surface area contributed by atoms with Gasteiger partial charge in [-0.05, 0) is 11.6 Å². The molecule has 0 unspecified atom stereocenters. The molecule has 0 aliphatic rings. The van der Waals surface area contributed by atoms with E-state index >= 15 is 0 Å². The molecule has 0 spiro atoms. The Morgan fingerprint density at radius 1 is 0.955 bits per heavy atom. The number of hydrogen-bond acceptors (Lipinski definition) is 1. The molecule has 3 heteroatoms. The number of allylic oxidation sites excluding steroid dienone is 1. The van der Waals surface area contributed by atoms with Crippen molar-refractivity contribution >= 4 is 23.5 Å². The van der Waals surface area contributed by atoms with Gasteiger partial charge in [0.05, 0.1) is 0 Å². The Kier molecular flexibility index (Phi) is 8.24. The van der Waals surface area contributed by atoms with Gasteiger partial charge in [-0.25, -0.2) is 0 Å². The average Bonchev–Trinajstić information content (AvgIpc) is 3.21. The summed E-state index contributed by atoms with van der Waals surface area (Å²) in [5.74, 6) is -0.00933. The fourth-order valence-electron chi connectivity index (χ4n) is 1.73. The van der Waals surface area contributed by atoms with Crippen LogP contribution in [0.5, 0.6) is 0 Å². The number of rotatable bonds is 3. The van der Waals surface area contributed by atoms with Crippen LogP contribution in [0.25, 0.3) is 6.08 Å². The van der Waals surface area contributed by atoms with Crippen molar-refractivity contribution in [1.29, 1.82) is 0 Å². The summed E-state index contributed by atoms with van der Waals surface area (Å²) in [6.45, 7) is 0. The third-order valence-electron chi connectivity index (χ3n) is 2.82. The number of ketones is 1. The number of carbonyl (C=O) groups is 1. The summed E-state index contributed by atoms with van der Waals surface area (Å²) in [6, 6.07) is 24.7. The number of halogens is 1. The van der Waals surface area contributed by atoms with Crippen molar-refractivity contribution in [3.63, 3.8) is 0 Å². The minimum absolute atomic E-state index is 0. The van der Waals surface area contributed by atoms with Crippen LogP contribution < -0.4 is 0 Å². The third kappa shape index (κ3) is 5.87. The monoisotopic (exact) mass is 350 g/mol. The number of carbonyl (C=O) groups excluding carboxylic acids is 1. The largest absolute Gasteiger partial charge is 0.748 e. The van der Waals surface area contributed by atoms with Crippen molar-refractivity contribution in [1.82, 2.24) is 0 Å². The van der Waals surface area contributed by atoms with Gasteiger partial charge in [0.2, 0.25) is 0 Å². The average molecular weight is 351 g/mol. The molecule has 118 valence electrons. The van der Waals surface area contributed by atoms with E-state index in [1.165, 1.54) is 6.08 Å². The van der Waals surface area contributed by atoms with Gasteiger partial charge in [0.1, 0.15) is 5.78 Å². The van der Waals surface area contributed by atoms with Gasteiger partial charge < -0.3 is 35.1 Å². The molecule has 3 aromatic rings. The van der Waals surface area contributed by atoms with Gasteiger partial charge in [0.25, 0.3) is 0 Å². The van der Waals surface area contributed by atoms with Crippen LogP contribution in [0.3, 0.4) is 0 Å². The summed E-state index contributed by atoms with van der Waals surface area (Å²) >= 11 is 5.97. The first-order chi connectivity index (χ1) is 10.3. The third-order valence-corrected chi connectivity index (χ3v) is 3.17. The van der Waals surface area contributed by atoms with E-state index in [-0.39, 0.29) is 22.9 Å². The van der Waals surface area contributed by atoms with Gasteiger partial charge in [-0.15, -0.1) is 12.1 Å². The zero-order chi connectivity index (χ0) is 14.9. The van der Waals surface area contributed by atoms with E-state index in [1.807, 2.05) is 60.7 Å². The van der Waals surface area contributed by atoms with Crippen molar-refractivity contribution in [3.05, 3.63) is 101 Å². The SMILES string of the molecule is O=C(C=Cc1ccccc1Cl)[c-]1cccc1.[Fe].[cH-]1[cH-][cH-][cH-][cH-]1. The molecule has 0 amide bonds. The molecule has 0 bridgehead atoms. The van der Waals surface area contributed by atoms with E-state index in [9.17, 15) is 4.79 Å². The van der Waals surface area contributed by atoms with E-state index in [0.717, 1.165) is 5.56 Å². The standard InChI is InChI=1S/C14H10ClO.C5H5.Fe/c15-13-8-4-3-5-11(13)9-10-14(16)12-6-1-2-7-12;1-2-4-5-3-1;/h1-10H;1-5H;/q-1;-5;. The van der Waals surface area contributed by atoms with Crippen molar-refractivity contribution < 1.29 is 21.9 Å². The van der Waals surface area contributed by atoms with Gasteiger partial charge in [-0.1, -0.05) is 47.5 Å². The summed E-state index contributed by atoms with van der Waals surface area (Å²) in [5, 5.41) is 0.647. The summed E-state index contributed by atoms with van der Waals surface area (Å²) in [7, 11) is 0. The van der Waals surface area contributed by atoms with Crippen LogP contribution >= 0.6 is 11.6 Å². The maximum absolute atomic E-state index is 11.7. The quantitative estimate of drug-likeness (QED) is 0.269. The van der Waals surface area contributed by atoms with Gasteiger partial charge in [-0.3, -0.25) is 0 Å². The minimum atomic E-state index is -0.00933. The van der Waals surface area contributed by atoms with Crippen molar-refractivity contribution in [2.75, 3.05) is 0 Å². The van der Waals surface area contributed by atoms with Crippen LogP contribution in [0.15, 0.2) is 84.9 Å². The molecule has 22 heavy (non-hydrogen) atoms. The Labute approximate surface area is 146 Å². The normalized spacial score (nSPS) is 9.68. The van der Waals surface area contributed by atoms with Crippen LogP contribution in [0.2, 0.25) is 5.02 Å². The molecule has 0 heterocycles. The Hall–Kier alpha value is -1.86. The molecule has 3 aromatic carbocycles. The molecule has 0 aliphatic heterocycles. The second kappa shape index (κ2) is 9.96. The van der Waals surface area contributed by atoms with E-state index < -0.39 is 0 Å². The summed E-state index contributed by atoms with van der Waals surface area (Å²) in [6.07, 6.45) is 3.27. The molecule has 0 fully saturated rings. The zero-order valence-electron chi connectivity index (χ0n) is 11.8. The molecule has 0 saturated heterocycles. The first kappa shape index (κ1) is 18.2. The van der Waals surface area contributed by atoms with E-state index in [0.29, 0.717) is 10.6 Å². The molecular weight excluding hydrogens is 336 g/mol. The van der Waals surface area contributed by atoms with Gasteiger partial charge >= 0.3 is 0 Å². The predicted molar refractivity (Wildman–Crippen MR) is 88.9 cm³/mol. The molecule has 0 saturated carbocycles. The van der Waals surface area contributed by atoms with Crippen molar-refractivity contribution in [2.45, 2.75) is 0 Å². The van der Waals surface area contributed by atoms with Gasteiger partial charge in [-0.2, -0.15) is 12.1 Å². The number of benzene rings is 1. The second-order valence-corrected chi connectivity index (χ2v) is 4.76. The van der Waals surface area contributed by atoms with E-state index in [4.69, 9.17) is 11.6 Å². The fourth-order valence-corrected chi connectivity index (χ4v) is 1.93. The molecule has 0 aromatic heterocycles. The van der Waals surface area contributed by atoms with Crippen LogP contribution in [0.1, 0.15) is 15.9 Å². The van der Waals surface area contributed by atoms with Gasteiger partial charge in [0, 0.05) is 22.1 Å². The molecule has 0 radical (unpaired) electrons. The summed E-state index contributed by atoms with van der Waals surface area (Å²) in [5.41, 5.74) is 1.55. The topological polar surface area (TPSA) is 17.1 Å². The maximum Gasteiger partial charge on any atom is 0.105 e. The van der Waals surface area contributed by atoms with E-state index in [2.05, 4.69) is 0 Å².